The van der Waals surface area contributed by atoms with E-state index in [2.05, 4.69) is 41.5 Å². The van der Waals surface area contributed by atoms with Crippen molar-refractivity contribution in [2.45, 2.75) is 53.9 Å². The van der Waals surface area contributed by atoms with Crippen LogP contribution in [-0.4, -0.2) is 31.3 Å². The first-order chi connectivity index (χ1) is 11.2. The van der Waals surface area contributed by atoms with E-state index < -0.39 is 21.8 Å². The molecule has 0 radical (unpaired) electrons. The molecule has 0 saturated heterocycles. The zero-order valence-electron chi connectivity index (χ0n) is 16.0. The molecule has 6 heteroatoms. The molecular formula is C19H30O5S. The molecular weight excluding hydrogens is 340 g/mol. The highest BCUT2D eigenvalue weighted by atomic mass is 32.2. The van der Waals surface area contributed by atoms with Gasteiger partial charge in [-0.15, -0.1) is 0 Å². The van der Waals surface area contributed by atoms with Crippen LogP contribution in [0.4, 0.5) is 0 Å². The molecule has 0 aliphatic rings. The predicted octanol–water partition coefficient (Wildman–Crippen LogP) is 4.30. The van der Waals surface area contributed by atoms with E-state index >= 15 is 0 Å². The Balaban J connectivity index is 2.87. The molecule has 25 heavy (non-hydrogen) atoms. The van der Waals surface area contributed by atoms with E-state index in [0.29, 0.717) is 11.5 Å². The predicted molar refractivity (Wildman–Crippen MR) is 99.4 cm³/mol. The summed E-state index contributed by atoms with van der Waals surface area (Å²) in [7, 11) is -4.13. The molecule has 1 N–H and O–H groups in total. The first-order valence-corrected chi connectivity index (χ1v) is 10.0. The number of ether oxygens (including phenoxy) is 1. The minimum absolute atomic E-state index is 0.0881. The van der Waals surface area contributed by atoms with Crippen LogP contribution >= 0.6 is 0 Å². The standard InChI is InChI=1S/C19H30O5S/c1-18(2,3)13-16(19(4,5)6)14-7-9-15(10-8-14)17(20)24-11-12-25(21,22)23/h7-10,16H,11-13H2,1-6H3,(H,21,22,23). The summed E-state index contributed by atoms with van der Waals surface area (Å²) in [5, 5.41) is 0. The lowest BCUT2D eigenvalue weighted by Crippen LogP contribution is -2.24. The highest BCUT2D eigenvalue weighted by Crippen LogP contribution is 2.43. The molecule has 0 amide bonds. The van der Waals surface area contributed by atoms with E-state index in [1.165, 1.54) is 0 Å². The molecule has 0 aromatic heterocycles. The molecule has 0 fully saturated rings. The number of benzene rings is 1. The summed E-state index contributed by atoms with van der Waals surface area (Å²) in [5.74, 6) is -0.857. The first-order valence-electron chi connectivity index (χ1n) is 8.41. The Morgan fingerprint density at radius 1 is 1.08 bits per heavy atom. The maximum Gasteiger partial charge on any atom is 0.338 e. The van der Waals surface area contributed by atoms with Crippen LogP contribution < -0.4 is 0 Å². The van der Waals surface area contributed by atoms with E-state index in [4.69, 9.17) is 9.29 Å². The third kappa shape index (κ3) is 8.01. The highest BCUT2D eigenvalue weighted by Gasteiger charge is 2.30. The van der Waals surface area contributed by atoms with Gasteiger partial charge in [-0.3, -0.25) is 4.55 Å². The Bertz CT molecular complexity index is 676. The summed E-state index contributed by atoms with van der Waals surface area (Å²) in [6, 6.07) is 7.26. The fourth-order valence-electron chi connectivity index (χ4n) is 2.71. The molecule has 1 atom stereocenters. The van der Waals surface area contributed by atoms with Crippen LogP contribution in [0.15, 0.2) is 24.3 Å². The van der Waals surface area contributed by atoms with Gasteiger partial charge in [-0.2, -0.15) is 8.42 Å². The van der Waals surface area contributed by atoms with Crippen LogP contribution in [0.25, 0.3) is 0 Å². The minimum Gasteiger partial charge on any atom is -0.461 e. The van der Waals surface area contributed by atoms with Crippen molar-refractivity contribution in [3.05, 3.63) is 35.4 Å². The first kappa shape index (κ1) is 21.6. The molecule has 0 aliphatic heterocycles. The topological polar surface area (TPSA) is 80.7 Å². The van der Waals surface area contributed by atoms with Gasteiger partial charge in [0, 0.05) is 0 Å². The van der Waals surface area contributed by atoms with Crippen LogP contribution in [0.5, 0.6) is 0 Å². The second-order valence-electron chi connectivity index (χ2n) is 8.73. The van der Waals surface area contributed by atoms with Gasteiger partial charge in [-0.05, 0) is 40.9 Å². The van der Waals surface area contributed by atoms with Crippen molar-refractivity contribution in [2.75, 3.05) is 12.4 Å². The monoisotopic (exact) mass is 370 g/mol. The number of carbonyl (C=O) groups excluding carboxylic acids is 1. The van der Waals surface area contributed by atoms with Gasteiger partial charge in [0.05, 0.1) is 5.56 Å². The van der Waals surface area contributed by atoms with Gasteiger partial charge in [0.2, 0.25) is 0 Å². The van der Waals surface area contributed by atoms with E-state index in [0.717, 1.165) is 12.0 Å². The van der Waals surface area contributed by atoms with E-state index in [1.54, 1.807) is 12.1 Å². The lowest BCUT2D eigenvalue weighted by Gasteiger charge is -2.36. The quantitative estimate of drug-likeness (QED) is 0.596. The van der Waals surface area contributed by atoms with Crippen molar-refractivity contribution in [3.8, 4) is 0 Å². The molecule has 1 aromatic rings. The molecule has 1 unspecified atom stereocenters. The molecule has 0 spiro atoms. The number of hydrogen-bond donors (Lipinski definition) is 1. The summed E-state index contributed by atoms with van der Waals surface area (Å²) in [5.41, 5.74) is 1.80. The summed E-state index contributed by atoms with van der Waals surface area (Å²) in [6.45, 7) is 12.9. The molecule has 1 rings (SSSR count). The van der Waals surface area contributed by atoms with Crippen LogP contribution in [0, 0.1) is 10.8 Å². The Labute approximate surface area is 151 Å². The Hall–Kier alpha value is -1.40. The van der Waals surface area contributed by atoms with Gasteiger partial charge in [0.25, 0.3) is 10.1 Å². The van der Waals surface area contributed by atoms with Gasteiger partial charge < -0.3 is 4.74 Å². The fourth-order valence-corrected chi connectivity index (χ4v) is 3.00. The summed E-state index contributed by atoms with van der Waals surface area (Å²) in [6.07, 6.45) is 1.02. The van der Waals surface area contributed by atoms with Crippen molar-refractivity contribution in [1.29, 1.82) is 0 Å². The third-order valence-electron chi connectivity index (χ3n) is 3.99. The Kier molecular flexibility index (Phi) is 6.81. The molecule has 5 nitrogen and oxygen atoms in total. The van der Waals surface area contributed by atoms with E-state index in [-0.39, 0.29) is 17.4 Å². The molecule has 0 heterocycles. The van der Waals surface area contributed by atoms with E-state index in [9.17, 15) is 13.2 Å². The molecule has 142 valence electrons. The Morgan fingerprint density at radius 3 is 2.00 bits per heavy atom. The minimum atomic E-state index is -4.13. The number of hydrogen-bond acceptors (Lipinski definition) is 4. The zero-order valence-corrected chi connectivity index (χ0v) is 16.8. The SMILES string of the molecule is CC(C)(C)CC(c1ccc(C(=O)OCCS(=O)(=O)O)cc1)C(C)(C)C. The summed E-state index contributed by atoms with van der Waals surface area (Å²) in [4.78, 5) is 11.9. The zero-order chi connectivity index (χ0) is 19.5. The van der Waals surface area contributed by atoms with Gasteiger partial charge in [0.1, 0.15) is 12.4 Å². The second-order valence-corrected chi connectivity index (χ2v) is 10.3. The normalized spacial score (nSPS) is 14.2. The highest BCUT2D eigenvalue weighted by molar-refractivity contribution is 7.85. The van der Waals surface area contributed by atoms with Gasteiger partial charge in [-0.1, -0.05) is 53.7 Å². The van der Waals surface area contributed by atoms with Gasteiger partial charge in [-0.25, -0.2) is 4.79 Å². The van der Waals surface area contributed by atoms with Gasteiger partial charge >= 0.3 is 5.97 Å². The number of esters is 1. The van der Waals surface area contributed by atoms with Crippen LogP contribution in [0.1, 0.15) is 69.8 Å². The van der Waals surface area contributed by atoms with Gasteiger partial charge in [0.15, 0.2) is 0 Å². The van der Waals surface area contributed by atoms with Crippen molar-refractivity contribution in [2.24, 2.45) is 10.8 Å². The molecule has 1 aromatic carbocycles. The van der Waals surface area contributed by atoms with Crippen molar-refractivity contribution in [1.82, 2.24) is 0 Å². The average Bonchev–Trinajstić information content (AvgIpc) is 2.41. The van der Waals surface area contributed by atoms with Crippen LogP contribution in [0.3, 0.4) is 0 Å². The second kappa shape index (κ2) is 7.87. The smallest absolute Gasteiger partial charge is 0.338 e. The lowest BCUT2D eigenvalue weighted by atomic mass is 9.69. The van der Waals surface area contributed by atoms with Crippen LogP contribution in [0.2, 0.25) is 0 Å². The van der Waals surface area contributed by atoms with Crippen LogP contribution in [-0.2, 0) is 14.9 Å². The Morgan fingerprint density at radius 2 is 1.60 bits per heavy atom. The van der Waals surface area contributed by atoms with Crippen molar-refractivity contribution >= 4 is 16.1 Å². The third-order valence-corrected chi connectivity index (χ3v) is 4.67. The lowest BCUT2D eigenvalue weighted by molar-refractivity contribution is 0.0528. The summed E-state index contributed by atoms with van der Waals surface area (Å²) >= 11 is 0. The number of rotatable bonds is 6. The maximum absolute atomic E-state index is 11.9. The molecule has 0 aliphatic carbocycles. The number of carbonyl (C=O) groups is 1. The largest absolute Gasteiger partial charge is 0.461 e. The molecule has 0 bridgehead atoms. The fraction of sp³-hybridized carbons (Fsp3) is 0.632. The molecule has 0 saturated carbocycles. The summed E-state index contributed by atoms with van der Waals surface area (Å²) < 4.78 is 34.8. The maximum atomic E-state index is 11.9. The average molecular weight is 371 g/mol. The van der Waals surface area contributed by atoms with Crippen molar-refractivity contribution < 1.29 is 22.5 Å². The van der Waals surface area contributed by atoms with Crippen molar-refractivity contribution in [3.63, 3.8) is 0 Å². The van der Waals surface area contributed by atoms with E-state index in [1.807, 2.05) is 12.1 Å².